The number of nitrogens with two attached hydrogens (primary N) is 1. The third-order valence-electron chi connectivity index (χ3n) is 4.30. The normalized spacial score (nSPS) is 20.7. The highest BCUT2D eigenvalue weighted by Crippen LogP contribution is 2.26. The minimum absolute atomic E-state index is 0. The van der Waals surface area contributed by atoms with Gasteiger partial charge in [0.15, 0.2) is 0 Å². The molecule has 2 unspecified atom stereocenters. The van der Waals surface area contributed by atoms with Crippen LogP contribution >= 0.6 is 24.8 Å². The largest absolute Gasteiger partial charge is 0.341 e. The second-order valence-electron chi connectivity index (χ2n) is 6.48. The molecule has 22 heavy (non-hydrogen) atoms. The van der Waals surface area contributed by atoms with E-state index in [0.29, 0.717) is 11.8 Å². The van der Waals surface area contributed by atoms with Crippen LogP contribution in [0.25, 0.3) is 0 Å². The first-order valence-corrected chi connectivity index (χ1v) is 8.24. The SMILES string of the molecule is CCN(CC)CCN(CC(C)C)C(=O)C1CCC(N)C1.Cl.Cl. The Morgan fingerprint density at radius 2 is 1.73 bits per heavy atom. The predicted octanol–water partition coefficient (Wildman–Crippen LogP) is 2.78. The van der Waals surface area contributed by atoms with Gasteiger partial charge in [0.2, 0.25) is 5.91 Å². The van der Waals surface area contributed by atoms with Crippen LogP contribution in [-0.2, 0) is 4.79 Å². The number of carbonyl (C=O) groups excluding carboxylic acids is 1. The van der Waals surface area contributed by atoms with Crippen LogP contribution in [0.1, 0.15) is 47.0 Å². The summed E-state index contributed by atoms with van der Waals surface area (Å²) in [4.78, 5) is 17.1. The maximum Gasteiger partial charge on any atom is 0.225 e. The fourth-order valence-corrected chi connectivity index (χ4v) is 3.03. The Kier molecular flexibility index (Phi) is 13.7. The lowest BCUT2D eigenvalue weighted by Crippen LogP contribution is -2.43. The van der Waals surface area contributed by atoms with Crippen LogP contribution in [0.3, 0.4) is 0 Å². The number of likely N-dealkylation sites (N-methyl/N-ethyl adjacent to an activating group) is 1. The molecular weight excluding hydrogens is 321 g/mol. The van der Waals surface area contributed by atoms with Crippen LogP contribution in [0.15, 0.2) is 0 Å². The molecule has 0 aromatic heterocycles. The van der Waals surface area contributed by atoms with Gasteiger partial charge in [-0.15, -0.1) is 24.8 Å². The molecule has 0 radical (unpaired) electrons. The zero-order chi connectivity index (χ0) is 15.1. The van der Waals surface area contributed by atoms with Crippen LogP contribution in [0.2, 0.25) is 0 Å². The lowest BCUT2D eigenvalue weighted by atomic mass is 10.1. The van der Waals surface area contributed by atoms with E-state index in [2.05, 4.69) is 37.5 Å². The van der Waals surface area contributed by atoms with Gasteiger partial charge in [-0.3, -0.25) is 4.79 Å². The van der Waals surface area contributed by atoms with E-state index in [9.17, 15) is 4.79 Å². The average Bonchev–Trinajstić information content (AvgIpc) is 2.84. The van der Waals surface area contributed by atoms with Gasteiger partial charge in [-0.1, -0.05) is 27.7 Å². The molecule has 1 fully saturated rings. The van der Waals surface area contributed by atoms with Gasteiger partial charge in [-0.25, -0.2) is 0 Å². The molecule has 6 heteroatoms. The van der Waals surface area contributed by atoms with Gasteiger partial charge >= 0.3 is 0 Å². The summed E-state index contributed by atoms with van der Waals surface area (Å²) in [5.41, 5.74) is 5.95. The monoisotopic (exact) mass is 355 g/mol. The van der Waals surface area contributed by atoms with Crippen LogP contribution in [0, 0.1) is 11.8 Å². The molecule has 2 atom stereocenters. The zero-order valence-electron chi connectivity index (χ0n) is 14.6. The number of rotatable bonds is 8. The molecular formula is C16H35Cl2N3O. The second-order valence-corrected chi connectivity index (χ2v) is 6.48. The van der Waals surface area contributed by atoms with E-state index >= 15 is 0 Å². The molecule has 0 aromatic carbocycles. The highest BCUT2D eigenvalue weighted by atomic mass is 35.5. The zero-order valence-corrected chi connectivity index (χ0v) is 16.2. The van der Waals surface area contributed by atoms with Gasteiger partial charge in [0.1, 0.15) is 0 Å². The fraction of sp³-hybridized carbons (Fsp3) is 0.938. The van der Waals surface area contributed by atoms with E-state index in [1.807, 2.05) is 0 Å². The van der Waals surface area contributed by atoms with Crippen molar-refractivity contribution in [2.24, 2.45) is 17.6 Å². The number of carbonyl (C=O) groups is 1. The van der Waals surface area contributed by atoms with E-state index in [-0.39, 0.29) is 36.8 Å². The van der Waals surface area contributed by atoms with Crippen LogP contribution in [0.4, 0.5) is 0 Å². The molecule has 0 saturated heterocycles. The first kappa shape index (κ1) is 24.2. The van der Waals surface area contributed by atoms with Crippen molar-refractivity contribution < 1.29 is 4.79 Å². The Morgan fingerprint density at radius 1 is 1.14 bits per heavy atom. The van der Waals surface area contributed by atoms with Gasteiger partial charge in [0, 0.05) is 31.6 Å². The van der Waals surface area contributed by atoms with Crippen molar-refractivity contribution in [1.82, 2.24) is 9.80 Å². The first-order valence-electron chi connectivity index (χ1n) is 8.24. The summed E-state index contributed by atoms with van der Waals surface area (Å²) in [6.07, 6.45) is 2.85. The Bertz CT molecular complexity index is 299. The highest BCUT2D eigenvalue weighted by molar-refractivity contribution is 5.85. The minimum Gasteiger partial charge on any atom is -0.341 e. The van der Waals surface area contributed by atoms with E-state index in [0.717, 1.165) is 52.0 Å². The van der Waals surface area contributed by atoms with Gasteiger partial charge in [0.05, 0.1) is 0 Å². The number of hydrogen-bond donors (Lipinski definition) is 1. The molecule has 2 N–H and O–H groups in total. The van der Waals surface area contributed by atoms with Crippen molar-refractivity contribution >= 4 is 30.7 Å². The third-order valence-corrected chi connectivity index (χ3v) is 4.30. The minimum atomic E-state index is 0. The number of nitrogens with zero attached hydrogens (tertiary/aromatic N) is 2. The Balaban J connectivity index is 0. The fourth-order valence-electron chi connectivity index (χ4n) is 3.03. The molecule has 0 aliphatic heterocycles. The van der Waals surface area contributed by atoms with Crippen LogP contribution in [-0.4, -0.2) is 54.5 Å². The lowest BCUT2D eigenvalue weighted by molar-refractivity contribution is -0.136. The molecule has 0 spiro atoms. The standard InChI is InChI=1S/C16H33N3O.2ClH/c1-5-18(6-2)9-10-19(12-13(3)4)16(20)14-7-8-15(17)11-14;;/h13-15H,5-12,17H2,1-4H3;2*1H. The molecule has 1 aliphatic rings. The summed E-state index contributed by atoms with van der Waals surface area (Å²) >= 11 is 0. The van der Waals surface area contributed by atoms with E-state index in [4.69, 9.17) is 5.73 Å². The Hall–Kier alpha value is -0.0300. The average molecular weight is 356 g/mol. The number of amides is 1. The topological polar surface area (TPSA) is 49.6 Å². The van der Waals surface area contributed by atoms with Crippen molar-refractivity contribution in [3.63, 3.8) is 0 Å². The summed E-state index contributed by atoms with van der Waals surface area (Å²) in [6.45, 7) is 13.5. The van der Waals surface area contributed by atoms with Crippen molar-refractivity contribution in [2.45, 2.75) is 53.0 Å². The Morgan fingerprint density at radius 3 is 2.14 bits per heavy atom. The van der Waals surface area contributed by atoms with Crippen molar-refractivity contribution in [3.05, 3.63) is 0 Å². The van der Waals surface area contributed by atoms with E-state index in [1.165, 1.54) is 0 Å². The van der Waals surface area contributed by atoms with Gasteiger partial charge in [-0.05, 0) is 38.3 Å². The maximum atomic E-state index is 12.7. The summed E-state index contributed by atoms with van der Waals surface area (Å²) in [6, 6.07) is 0.229. The second kappa shape index (κ2) is 12.4. The Labute approximate surface area is 149 Å². The molecule has 1 amide bonds. The summed E-state index contributed by atoms with van der Waals surface area (Å²) in [5.74, 6) is 1.02. The smallest absolute Gasteiger partial charge is 0.225 e. The molecule has 1 rings (SSSR count). The van der Waals surface area contributed by atoms with Crippen molar-refractivity contribution in [3.8, 4) is 0 Å². The van der Waals surface area contributed by atoms with Crippen LogP contribution < -0.4 is 5.73 Å². The van der Waals surface area contributed by atoms with Gasteiger partial charge in [0.25, 0.3) is 0 Å². The van der Waals surface area contributed by atoms with Crippen molar-refractivity contribution in [2.75, 3.05) is 32.7 Å². The number of halogens is 2. The first-order chi connectivity index (χ1) is 9.47. The summed E-state index contributed by atoms with van der Waals surface area (Å²) in [5, 5.41) is 0. The van der Waals surface area contributed by atoms with Crippen molar-refractivity contribution in [1.29, 1.82) is 0 Å². The molecule has 0 heterocycles. The molecule has 1 saturated carbocycles. The third kappa shape index (κ3) is 8.00. The predicted molar refractivity (Wildman–Crippen MR) is 99.0 cm³/mol. The lowest BCUT2D eigenvalue weighted by Gasteiger charge is -2.30. The molecule has 0 aromatic rings. The summed E-state index contributed by atoms with van der Waals surface area (Å²) < 4.78 is 0. The van der Waals surface area contributed by atoms with Gasteiger partial charge in [-0.2, -0.15) is 0 Å². The quantitative estimate of drug-likeness (QED) is 0.728. The summed E-state index contributed by atoms with van der Waals surface area (Å²) in [7, 11) is 0. The molecule has 134 valence electrons. The molecule has 4 nitrogen and oxygen atoms in total. The highest BCUT2D eigenvalue weighted by Gasteiger charge is 2.31. The van der Waals surface area contributed by atoms with E-state index < -0.39 is 0 Å². The molecule has 0 bridgehead atoms. The molecule has 1 aliphatic carbocycles. The number of hydrogen-bond acceptors (Lipinski definition) is 3. The maximum absolute atomic E-state index is 12.7. The van der Waals surface area contributed by atoms with Crippen LogP contribution in [0.5, 0.6) is 0 Å². The van der Waals surface area contributed by atoms with E-state index in [1.54, 1.807) is 0 Å². The van der Waals surface area contributed by atoms with Gasteiger partial charge < -0.3 is 15.5 Å².